The zero-order valence-electron chi connectivity index (χ0n) is 5.10. The van der Waals surface area contributed by atoms with Gasteiger partial charge in [0, 0.05) is 0 Å². The molecule has 1 heterocycles. The molecule has 1 fully saturated rings. The fourth-order valence-corrected chi connectivity index (χ4v) is 0.646. The van der Waals surface area contributed by atoms with Crippen molar-refractivity contribution in [2.45, 2.75) is 12.6 Å². The molecular formula is C4H8O6. The highest BCUT2D eigenvalue weighted by atomic mass is 17.2. The van der Waals surface area contributed by atoms with E-state index in [1.165, 1.54) is 0 Å². The van der Waals surface area contributed by atoms with Gasteiger partial charge in [-0.05, 0) is 0 Å². The van der Waals surface area contributed by atoms with Crippen LogP contribution in [0.15, 0.2) is 0 Å². The zero-order chi connectivity index (χ0) is 7.40. The fraction of sp³-hybridized carbons (Fsp3) is 1.00. The van der Waals surface area contributed by atoms with Gasteiger partial charge in [0.25, 0.3) is 0 Å². The maximum atomic E-state index is 8.10. The van der Waals surface area contributed by atoms with Gasteiger partial charge in [0.15, 0.2) is 0 Å². The molecule has 0 aromatic heterocycles. The van der Waals surface area contributed by atoms with Gasteiger partial charge in [-0.25, -0.2) is 20.3 Å². The van der Waals surface area contributed by atoms with E-state index >= 15 is 0 Å². The van der Waals surface area contributed by atoms with E-state index in [-0.39, 0.29) is 0 Å². The number of hydrogen-bond acceptors (Lipinski definition) is 6. The van der Waals surface area contributed by atoms with Crippen molar-refractivity contribution in [2.24, 2.45) is 0 Å². The molecule has 0 saturated carbocycles. The molecule has 2 N–H and O–H groups in total. The summed E-state index contributed by atoms with van der Waals surface area (Å²) in [4.78, 5) is 7.52. The van der Waals surface area contributed by atoms with Gasteiger partial charge in [-0.15, -0.1) is 0 Å². The normalized spacial score (nSPS) is 34.2. The molecule has 0 aromatic rings. The van der Waals surface area contributed by atoms with Crippen molar-refractivity contribution in [3.05, 3.63) is 0 Å². The molecule has 0 amide bonds. The van der Waals surface area contributed by atoms with E-state index in [0.717, 1.165) is 0 Å². The predicted molar refractivity (Wildman–Crippen MR) is 26.9 cm³/mol. The number of hydrogen-bond donors (Lipinski definition) is 2. The first-order valence-electron chi connectivity index (χ1n) is 2.72. The van der Waals surface area contributed by atoms with Crippen molar-refractivity contribution >= 4 is 0 Å². The summed E-state index contributed by atoms with van der Waals surface area (Å²) in [6, 6.07) is 0. The van der Waals surface area contributed by atoms with Gasteiger partial charge in [-0.3, -0.25) is 0 Å². The first-order chi connectivity index (χ1) is 4.88. The van der Waals surface area contributed by atoms with Crippen molar-refractivity contribution < 1.29 is 29.8 Å². The molecule has 2 unspecified atom stereocenters. The van der Waals surface area contributed by atoms with E-state index in [9.17, 15) is 0 Å². The Kier molecular flexibility index (Phi) is 3.00. The van der Waals surface area contributed by atoms with E-state index in [1.54, 1.807) is 0 Å². The summed E-state index contributed by atoms with van der Waals surface area (Å²) in [6.45, 7) is 0.593. The van der Waals surface area contributed by atoms with Crippen LogP contribution in [0.5, 0.6) is 0 Å². The summed E-state index contributed by atoms with van der Waals surface area (Å²) in [5, 5.41) is 16.2. The van der Waals surface area contributed by atoms with Crippen LogP contribution in [0.2, 0.25) is 0 Å². The van der Waals surface area contributed by atoms with E-state index < -0.39 is 12.6 Å². The summed E-state index contributed by atoms with van der Waals surface area (Å²) < 4.78 is 9.50. The Bertz CT molecular complexity index is 83.7. The van der Waals surface area contributed by atoms with Crippen LogP contribution in [0.1, 0.15) is 0 Å². The summed E-state index contributed by atoms with van der Waals surface area (Å²) in [6.07, 6.45) is -2.14. The Morgan fingerprint density at radius 2 is 1.40 bits per heavy atom. The monoisotopic (exact) mass is 152 g/mol. The van der Waals surface area contributed by atoms with Crippen molar-refractivity contribution in [3.8, 4) is 0 Å². The average Bonchev–Trinajstić information content (AvgIpc) is 2.04. The molecule has 6 heteroatoms. The van der Waals surface area contributed by atoms with Gasteiger partial charge in [0.1, 0.15) is 0 Å². The minimum Gasteiger partial charge on any atom is -0.343 e. The molecule has 1 aliphatic heterocycles. The molecule has 0 bridgehead atoms. The van der Waals surface area contributed by atoms with Crippen LogP contribution < -0.4 is 0 Å². The zero-order valence-corrected chi connectivity index (χ0v) is 5.10. The Balaban J connectivity index is 2.34. The molecular weight excluding hydrogens is 144 g/mol. The third kappa shape index (κ3) is 1.63. The summed E-state index contributed by atoms with van der Waals surface area (Å²) >= 11 is 0. The van der Waals surface area contributed by atoms with Crippen LogP contribution in [0.3, 0.4) is 0 Å². The van der Waals surface area contributed by atoms with Crippen molar-refractivity contribution in [2.75, 3.05) is 13.2 Å². The van der Waals surface area contributed by atoms with Gasteiger partial charge in [-0.1, -0.05) is 0 Å². The quantitative estimate of drug-likeness (QED) is 0.416. The van der Waals surface area contributed by atoms with Crippen LogP contribution >= 0.6 is 0 Å². The standard InChI is InChI=1S/C4H8O6/c5-9-3-4(10-6)8-2-1-7-3/h3-6H,1-2H2. The summed E-state index contributed by atoms with van der Waals surface area (Å²) in [5.74, 6) is 0. The van der Waals surface area contributed by atoms with Crippen LogP contribution in [0.4, 0.5) is 0 Å². The topological polar surface area (TPSA) is 77.4 Å². The largest absolute Gasteiger partial charge is 0.343 e. The van der Waals surface area contributed by atoms with Crippen molar-refractivity contribution in [1.29, 1.82) is 0 Å². The molecule has 6 nitrogen and oxygen atoms in total. The van der Waals surface area contributed by atoms with Gasteiger partial charge in [0.2, 0.25) is 12.6 Å². The van der Waals surface area contributed by atoms with E-state index in [2.05, 4.69) is 9.78 Å². The molecule has 0 radical (unpaired) electrons. The molecule has 0 aliphatic carbocycles. The third-order valence-electron chi connectivity index (χ3n) is 1.08. The van der Waals surface area contributed by atoms with Gasteiger partial charge in [-0.2, -0.15) is 0 Å². The summed E-state index contributed by atoms with van der Waals surface area (Å²) in [7, 11) is 0. The second-order valence-electron chi connectivity index (χ2n) is 1.69. The lowest BCUT2D eigenvalue weighted by Gasteiger charge is -2.26. The molecule has 1 aliphatic rings. The predicted octanol–water partition coefficient (Wildman–Crippen LogP) is -0.335. The molecule has 1 rings (SSSR count). The van der Waals surface area contributed by atoms with E-state index in [4.69, 9.17) is 20.0 Å². The third-order valence-corrected chi connectivity index (χ3v) is 1.08. The maximum absolute atomic E-state index is 8.10. The highest BCUT2D eigenvalue weighted by Gasteiger charge is 2.29. The molecule has 10 heavy (non-hydrogen) atoms. The lowest BCUT2D eigenvalue weighted by molar-refractivity contribution is -0.465. The molecule has 0 spiro atoms. The van der Waals surface area contributed by atoms with E-state index in [1.807, 2.05) is 0 Å². The Morgan fingerprint density at radius 1 is 1.00 bits per heavy atom. The summed E-state index contributed by atoms with van der Waals surface area (Å²) in [5.41, 5.74) is 0. The van der Waals surface area contributed by atoms with Crippen molar-refractivity contribution in [3.63, 3.8) is 0 Å². The van der Waals surface area contributed by atoms with Gasteiger partial charge < -0.3 is 9.47 Å². The minimum atomic E-state index is -1.07. The first-order valence-corrected chi connectivity index (χ1v) is 2.72. The second-order valence-corrected chi connectivity index (χ2v) is 1.69. The minimum absolute atomic E-state index is 0.297. The van der Waals surface area contributed by atoms with Crippen molar-refractivity contribution in [1.82, 2.24) is 0 Å². The molecule has 2 atom stereocenters. The lowest BCUT2D eigenvalue weighted by Crippen LogP contribution is -2.40. The lowest BCUT2D eigenvalue weighted by atomic mass is 10.5. The van der Waals surface area contributed by atoms with Crippen LogP contribution in [0.25, 0.3) is 0 Å². The van der Waals surface area contributed by atoms with Crippen LogP contribution in [-0.4, -0.2) is 36.3 Å². The fourth-order valence-electron chi connectivity index (χ4n) is 0.646. The number of ether oxygens (including phenoxy) is 2. The molecule has 60 valence electrons. The maximum Gasteiger partial charge on any atom is 0.245 e. The SMILES string of the molecule is OOC1OCCOC1OO. The molecule has 0 aromatic carbocycles. The van der Waals surface area contributed by atoms with Gasteiger partial charge in [0.05, 0.1) is 13.2 Å². The highest BCUT2D eigenvalue weighted by molar-refractivity contribution is 4.52. The van der Waals surface area contributed by atoms with E-state index in [0.29, 0.717) is 13.2 Å². The van der Waals surface area contributed by atoms with Crippen LogP contribution in [-0.2, 0) is 19.2 Å². The smallest absolute Gasteiger partial charge is 0.245 e. The Labute approximate surface area is 56.7 Å². The highest BCUT2D eigenvalue weighted by Crippen LogP contribution is 2.10. The van der Waals surface area contributed by atoms with Crippen LogP contribution in [0, 0.1) is 0 Å². The first kappa shape index (κ1) is 7.86. The average molecular weight is 152 g/mol. The second kappa shape index (κ2) is 3.81. The van der Waals surface area contributed by atoms with Gasteiger partial charge >= 0.3 is 0 Å². The Hall–Kier alpha value is -0.240. The number of rotatable bonds is 2. The molecule has 1 saturated heterocycles. The Morgan fingerprint density at radius 3 is 1.70 bits per heavy atom.